The number of aryl methyl sites for hydroxylation is 1. The molecule has 1 fully saturated rings. The first-order chi connectivity index (χ1) is 18.4. The van der Waals surface area contributed by atoms with Crippen LogP contribution in [0.3, 0.4) is 0 Å². The van der Waals surface area contributed by atoms with Gasteiger partial charge in [-0.2, -0.15) is 0 Å². The number of nitrogens with zero attached hydrogens (tertiary/aromatic N) is 4. The molecular weight excluding hydrogens is 502 g/mol. The second-order valence-electron chi connectivity index (χ2n) is 9.21. The largest absolute Gasteiger partial charge is 0.481 e. The van der Waals surface area contributed by atoms with E-state index in [1.165, 1.54) is 6.07 Å². The Morgan fingerprint density at radius 3 is 2.47 bits per heavy atom. The second kappa shape index (κ2) is 10.8. The summed E-state index contributed by atoms with van der Waals surface area (Å²) in [5, 5.41) is 0.743. The Kier molecular flexibility index (Phi) is 7.26. The molecule has 9 nitrogen and oxygen atoms in total. The number of hydrogen-bond donors (Lipinski definition) is 1. The van der Waals surface area contributed by atoms with Crippen LogP contribution in [0.2, 0.25) is 0 Å². The Bertz CT molecular complexity index is 1580. The molecule has 0 unspecified atom stereocenters. The first-order valence-electron chi connectivity index (χ1n) is 12.3. The Morgan fingerprint density at radius 2 is 1.71 bits per heavy atom. The maximum Gasteiger partial charge on any atom is 0.264 e. The van der Waals surface area contributed by atoms with E-state index in [1.807, 2.05) is 29.2 Å². The number of hydrogen-bond acceptors (Lipinski definition) is 7. The average Bonchev–Trinajstić information content (AvgIpc) is 2.94. The van der Waals surface area contributed by atoms with Crippen molar-refractivity contribution in [1.29, 1.82) is 0 Å². The highest BCUT2D eigenvalue weighted by Gasteiger charge is 2.24. The molecule has 0 bridgehead atoms. The summed E-state index contributed by atoms with van der Waals surface area (Å²) in [7, 11) is -2.27. The molecule has 2 aromatic carbocycles. The van der Waals surface area contributed by atoms with Crippen LogP contribution in [0.5, 0.6) is 5.88 Å². The lowest BCUT2D eigenvalue weighted by Gasteiger charge is -2.35. The third kappa shape index (κ3) is 5.32. The molecule has 1 aliphatic rings. The topological polar surface area (TPSA) is 105 Å². The number of ether oxygens (including phenoxy) is 1. The van der Waals surface area contributed by atoms with Gasteiger partial charge in [-0.15, -0.1) is 0 Å². The fourth-order valence-corrected chi connectivity index (χ4v) is 5.98. The van der Waals surface area contributed by atoms with Crippen molar-refractivity contribution in [1.82, 2.24) is 19.8 Å². The van der Waals surface area contributed by atoms with Gasteiger partial charge in [-0.25, -0.2) is 13.4 Å². The molecule has 3 heterocycles. The number of para-hydroxylation sites is 1. The van der Waals surface area contributed by atoms with E-state index in [4.69, 9.17) is 4.74 Å². The Hall–Kier alpha value is -4.02. The highest BCUT2D eigenvalue weighted by molar-refractivity contribution is 7.93. The van der Waals surface area contributed by atoms with Crippen LogP contribution < -0.4 is 9.46 Å². The number of aromatic nitrogens is 2. The fraction of sp³-hybridized carbons (Fsp3) is 0.250. The molecule has 5 rings (SSSR count). The van der Waals surface area contributed by atoms with Gasteiger partial charge < -0.3 is 9.64 Å². The second-order valence-corrected chi connectivity index (χ2v) is 10.9. The fourth-order valence-electron chi connectivity index (χ4n) is 4.66. The van der Waals surface area contributed by atoms with E-state index in [9.17, 15) is 13.2 Å². The van der Waals surface area contributed by atoms with E-state index in [0.717, 1.165) is 24.0 Å². The standard InChI is InChI=1S/C28H29N5O4S/c1-20-18-22(28(34)33-16-14-32(15-17-33)19-23-8-5-13-30-27(23)37-2)10-11-24(20)31-38(35,36)25-9-3-6-21-7-4-12-29-26(21)25/h3-13,18,31H,14-17,19H2,1-2H3. The number of anilines is 1. The molecule has 38 heavy (non-hydrogen) atoms. The van der Waals surface area contributed by atoms with Crippen LogP contribution in [-0.4, -0.2) is 67.4 Å². The Labute approximate surface area is 222 Å². The lowest BCUT2D eigenvalue weighted by atomic mass is 10.1. The van der Waals surface area contributed by atoms with Gasteiger partial charge >= 0.3 is 0 Å². The van der Waals surface area contributed by atoms with Crippen LogP contribution >= 0.6 is 0 Å². The number of benzene rings is 2. The SMILES string of the molecule is COc1ncccc1CN1CCN(C(=O)c2ccc(NS(=O)(=O)c3cccc4cccnc34)c(C)c2)CC1. The quantitative estimate of drug-likeness (QED) is 0.388. The number of carbonyl (C=O) groups is 1. The van der Waals surface area contributed by atoms with E-state index in [2.05, 4.69) is 19.6 Å². The molecule has 2 aromatic heterocycles. The van der Waals surface area contributed by atoms with E-state index >= 15 is 0 Å². The van der Waals surface area contributed by atoms with Crippen molar-refractivity contribution in [2.24, 2.45) is 0 Å². The number of methoxy groups -OCH3 is 1. The van der Waals surface area contributed by atoms with Crippen molar-refractivity contribution < 1.29 is 17.9 Å². The van der Waals surface area contributed by atoms with Crippen LogP contribution in [0, 0.1) is 6.92 Å². The van der Waals surface area contributed by atoms with Gasteiger partial charge in [-0.1, -0.05) is 24.3 Å². The summed E-state index contributed by atoms with van der Waals surface area (Å²) in [6, 6.07) is 17.6. The zero-order valence-corrected chi connectivity index (χ0v) is 22.1. The highest BCUT2D eigenvalue weighted by atomic mass is 32.2. The zero-order valence-electron chi connectivity index (χ0n) is 21.3. The Balaban J connectivity index is 1.25. The molecule has 1 amide bonds. The van der Waals surface area contributed by atoms with Crippen LogP contribution in [0.25, 0.3) is 10.9 Å². The number of carbonyl (C=O) groups excluding carboxylic acids is 1. The van der Waals surface area contributed by atoms with Crippen molar-refractivity contribution in [2.45, 2.75) is 18.4 Å². The summed E-state index contributed by atoms with van der Waals surface area (Å²) in [4.78, 5) is 25.9. The molecule has 1 N–H and O–H groups in total. The molecule has 0 radical (unpaired) electrons. The minimum Gasteiger partial charge on any atom is -0.481 e. The summed E-state index contributed by atoms with van der Waals surface area (Å²) >= 11 is 0. The maximum atomic E-state index is 13.2. The third-order valence-electron chi connectivity index (χ3n) is 6.70. The summed E-state index contributed by atoms with van der Waals surface area (Å²) < 4.78 is 34.4. The molecule has 10 heteroatoms. The zero-order chi connectivity index (χ0) is 26.7. The molecule has 4 aromatic rings. The average molecular weight is 532 g/mol. The van der Waals surface area contributed by atoms with Crippen molar-refractivity contribution in [3.63, 3.8) is 0 Å². The van der Waals surface area contributed by atoms with Gasteiger partial charge in [0.1, 0.15) is 4.90 Å². The summed E-state index contributed by atoms with van der Waals surface area (Å²) in [6.45, 7) is 5.17. The Morgan fingerprint density at radius 1 is 0.974 bits per heavy atom. The number of amides is 1. The number of sulfonamides is 1. The van der Waals surface area contributed by atoms with E-state index in [-0.39, 0.29) is 10.8 Å². The molecule has 0 saturated carbocycles. The van der Waals surface area contributed by atoms with Gasteiger partial charge in [0.15, 0.2) is 0 Å². The number of pyridine rings is 2. The molecule has 1 saturated heterocycles. The van der Waals surface area contributed by atoms with E-state index in [1.54, 1.807) is 56.8 Å². The summed E-state index contributed by atoms with van der Waals surface area (Å²) in [6.07, 6.45) is 3.28. The number of rotatable bonds is 7. The molecule has 0 spiro atoms. The number of fused-ring (bicyclic) bond motifs is 1. The van der Waals surface area contributed by atoms with Crippen LogP contribution in [0.1, 0.15) is 21.5 Å². The minimum atomic E-state index is -3.88. The van der Waals surface area contributed by atoms with Gasteiger partial charge in [0.2, 0.25) is 5.88 Å². The van der Waals surface area contributed by atoms with Gasteiger partial charge in [-0.3, -0.25) is 19.4 Å². The van der Waals surface area contributed by atoms with Crippen molar-refractivity contribution >= 4 is 32.5 Å². The van der Waals surface area contributed by atoms with E-state index < -0.39 is 10.0 Å². The first kappa shape index (κ1) is 25.6. The molecule has 196 valence electrons. The van der Waals surface area contributed by atoms with Crippen LogP contribution in [-0.2, 0) is 16.6 Å². The normalized spacial score (nSPS) is 14.4. The molecule has 0 atom stereocenters. The minimum absolute atomic E-state index is 0.0700. The third-order valence-corrected chi connectivity index (χ3v) is 8.10. The predicted octanol–water partition coefficient (Wildman–Crippen LogP) is 3.71. The van der Waals surface area contributed by atoms with Gasteiger partial charge in [0, 0.05) is 61.6 Å². The lowest BCUT2D eigenvalue weighted by molar-refractivity contribution is 0.0627. The van der Waals surface area contributed by atoms with Crippen molar-refractivity contribution in [3.05, 3.63) is 89.7 Å². The van der Waals surface area contributed by atoms with Crippen LogP contribution in [0.15, 0.2) is 78.0 Å². The van der Waals surface area contributed by atoms with Crippen LogP contribution in [0.4, 0.5) is 5.69 Å². The summed E-state index contributed by atoms with van der Waals surface area (Å²) in [5.74, 6) is 0.549. The highest BCUT2D eigenvalue weighted by Crippen LogP contribution is 2.26. The number of piperazine rings is 1. The summed E-state index contributed by atoms with van der Waals surface area (Å²) in [5.41, 5.74) is 3.04. The maximum absolute atomic E-state index is 13.2. The molecular formula is C28H29N5O4S. The van der Waals surface area contributed by atoms with Gasteiger partial charge in [-0.05, 0) is 48.9 Å². The predicted molar refractivity (Wildman–Crippen MR) is 146 cm³/mol. The smallest absolute Gasteiger partial charge is 0.264 e. The van der Waals surface area contributed by atoms with Crippen molar-refractivity contribution in [2.75, 3.05) is 38.0 Å². The first-order valence-corrected chi connectivity index (χ1v) is 13.8. The van der Waals surface area contributed by atoms with Crippen molar-refractivity contribution in [3.8, 4) is 5.88 Å². The molecule has 0 aliphatic carbocycles. The monoisotopic (exact) mass is 531 g/mol. The number of nitrogens with one attached hydrogen (secondary N) is 1. The van der Waals surface area contributed by atoms with Gasteiger partial charge in [0.25, 0.3) is 15.9 Å². The lowest BCUT2D eigenvalue weighted by Crippen LogP contribution is -2.48. The van der Waals surface area contributed by atoms with E-state index in [0.29, 0.717) is 47.8 Å². The molecule has 1 aliphatic heterocycles. The van der Waals surface area contributed by atoms with Gasteiger partial charge in [0.05, 0.1) is 18.3 Å².